The van der Waals surface area contributed by atoms with Crippen LogP contribution in [-0.2, 0) is 0 Å². The number of halogens is 2. The summed E-state index contributed by atoms with van der Waals surface area (Å²) in [6.45, 7) is 2.11. The van der Waals surface area contributed by atoms with Gasteiger partial charge in [-0.25, -0.2) is 8.78 Å². The second kappa shape index (κ2) is 4.37. The van der Waals surface area contributed by atoms with Crippen molar-refractivity contribution >= 4 is 0 Å². The van der Waals surface area contributed by atoms with Crippen molar-refractivity contribution in [2.45, 2.75) is 12.8 Å². The van der Waals surface area contributed by atoms with Crippen molar-refractivity contribution in [2.24, 2.45) is 5.73 Å². The fraction of sp³-hybridized carbons (Fsp3) is 0.400. The second-order valence-corrected chi connectivity index (χ2v) is 3.15. The van der Waals surface area contributed by atoms with Crippen LogP contribution in [0.15, 0.2) is 12.1 Å². The normalized spacial score (nSPS) is 12.6. The maximum Gasteiger partial charge on any atom is 0.168 e. The van der Waals surface area contributed by atoms with Crippen molar-refractivity contribution in [3.8, 4) is 5.75 Å². The molecule has 0 aliphatic rings. The molecule has 4 heteroatoms. The largest absolute Gasteiger partial charge is 0.493 e. The van der Waals surface area contributed by atoms with Crippen molar-refractivity contribution in [3.05, 3.63) is 29.3 Å². The van der Waals surface area contributed by atoms with Gasteiger partial charge in [0, 0.05) is 11.6 Å². The van der Waals surface area contributed by atoms with Gasteiger partial charge in [0.1, 0.15) is 5.82 Å². The van der Waals surface area contributed by atoms with Gasteiger partial charge in [0.05, 0.1) is 7.11 Å². The highest BCUT2D eigenvalue weighted by molar-refractivity contribution is 5.38. The smallest absolute Gasteiger partial charge is 0.168 e. The van der Waals surface area contributed by atoms with Gasteiger partial charge in [-0.15, -0.1) is 0 Å². The number of rotatable bonds is 3. The topological polar surface area (TPSA) is 35.2 Å². The average molecular weight is 201 g/mol. The van der Waals surface area contributed by atoms with Gasteiger partial charge in [-0.2, -0.15) is 0 Å². The first kappa shape index (κ1) is 10.9. The summed E-state index contributed by atoms with van der Waals surface area (Å²) in [4.78, 5) is 0. The van der Waals surface area contributed by atoms with E-state index < -0.39 is 11.6 Å². The maximum atomic E-state index is 13.2. The molecule has 14 heavy (non-hydrogen) atoms. The van der Waals surface area contributed by atoms with E-state index in [0.717, 1.165) is 6.07 Å². The lowest BCUT2D eigenvalue weighted by Crippen LogP contribution is -2.11. The highest BCUT2D eigenvalue weighted by atomic mass is 19.1. The lowest BCUT2D eigenvalue weighted by atomic mass is 10.00. The van der Waals surface area contributed by atoms with Crippen molar-refractivity contribution < 1.29 is 13.5 Å². The Kier molecular flexibility index (Phi) is 3.41. The Morgan fingerprint density at radius 2 is 2.07 bits per heavy atom. The standard InChI is InChI=1S/C10H13F2NO/c1-6(5-13)8-3-7(11)4-9(12)10(8)14-2/h3-4,6H,5,13H2,1-2H3. The maximum absolute atomic E-state index is 13.2. The molecule has 1 aromatic carbocycles. The molecule has 0 heterocycles. The molecule has 0 bridgehead atoms. The summed E-state index contributed by atoms with van der Waals surface area (Å²) in [5, 5.41) is 0. The number of hydrogen-bond acceptors (Lipinski definition) is 2. The van der Waals surface area contributed by atoms with E-state index in [1.807, 2.05) is 0 Å². The Hall–Kier alpha value is -1.16. The molecule has 0 amide bonds. The van der Waals surface area contributed by atoms with Crippen LogP contribution >= 0.6 is 0 Å². The summed E-state index contributed by atoms with van der Waals surface area (Å²) >= 11 is 0. The van der Waals surface area contributed by atoms with Gasteiger partial charge in [-0.3, -0.25) is 0 Å². The molecule has 0 spiro atoms. The van der Waals surface area contributed by atoms with Gasteiger partial charge in [0.15, 0.2) is 11.6 Å². The Bertz CT molecular complexity index is 328. The van der Waals surface area contributed by atoms with Crippen LogP contribution in [0.3, 0.4) is 0 Å². The van der Waals surface area contributed by atoms with E-state index in [4.69, 9.17) is 10.5 Å². The molecule has 78 valence electrons. The Balaban J connectivity index is 3.24. The molecule has 0 aliphatic heterocycles. The van der Waals surface area contributed by atoms with Crippen LogP contribution in [0, 0.1) is 11.6 Å². The van der Waals surface area contributed by atoms with E-state index in [0.29, 0.717) is 12.1 Å². The number of nitrogens with two attached hydrogens (primary N) is 1. The first-order valence-electron chi connectivity index (χ1n) is 4.33. The van der Waals surface area contributed by atoms with Crippen LogP contribution in [0.25, 0.3) is 0 Å². The zero-order chi connectivity index (χ0) is 10.7. The number of benzene rings is 1. The van der Waals surface area contributed by atoms with Crippen LogP contribution in [0.2, 0.25) is 0 Å². The van der Waals surface area contributed by atoms with Gasteiger partial charge in [0.25, 0.3) is 0 Å². The summed E-state index contributed by atoms with van der Waals surface area (Å²) in [6, 6.07) is 2.05. The predicted molar refractivity (Wildman–Crippen MR) is 50.4 cm³/mol. The molecule has 1 unspecified atom stereocenters. The molecule has 0 radical (unpaired) electrons. The molecule has 0 saturated carbocycles. The van der Waals surface area contributed by atoms with Crippen LogP contribution in [0.4, 0.5) is 8.78 Å². The predicted octanol–water partition coefficient (Wildman–Crippen LogP) is 2.04. The molecule has 2 N–H and O–H groups in total. The van der Waals surface area contributed by atoms with E-state index in [2.05, 4.69) is 0 Å². The van der Waals surface area contributed by atoms with Gasteiger partial charge in [-0.05, 0) is 18.5 Å². The van der Waals surface area contributed by atoms with Gasteiger partial charge in [-0.1, -0.05) is 6.92 Å². The molecule has 0 aromatic heterocycles. The number of hydrogen-bond donors (Lipinski definition) is 1. The van der Waals surface area contributed by atoms with Crippen LogP contribution in [0.5, 0.6) is 5.75 Å². The summed E-state index contributed by atoms with van der Waals surface area (Å²) < 4.78 is 31.0. The van der Waals surface area contributed by atoms with Gasteiger partial charge >= 0.3 is 0 Å². The fourth-order valence-corrected chi connectivity index (χ4v) is 1.29. The molecule has 0 saturated heterocycles. The molecular weight excluding hydrogens is 188 g/mol. The van der Waals surface area contributed by atoms with Crippen LogP contribution < -0.4 is 10.5 Å². The first-order chi connectivity index (χ1) is 6.60. The van der Waals surface area contributed by atoms with Gasteiger partial charge in [0.2, 0.25) is 0 Å². The van der Waals surface area contributed by atoms with Crippen molar-refractivity contribution in [1.82, 2.24) is 0 Å². The molecule has 2 nitrogen and oxygen atoms in total. The zero-order valence-electron chi connectivity index (χ0n) is 8.18. The highest BCUT2D eigenvalue weighted by Crippen LogP contribution is 2.29. The molecule has 0 fully saturated rings. The lowest BCUT2D eigenvalue weighted by molar-refractivity contribution is 0.376. The average Bonchev–Trinajstić information content (AvgIpc) is 2.15. The highest BCUT2D eigenvalue weighted by Gasteiger charge is 2.15. The Labute approximate surface area is 81.7 Å². The molecule has 1 aromatic rings. The summed E-state index contributed by atoms with van der Waals surface area (Å²) in [5.41, 5.74) is 5.89. The quantitative estimate of drug-likeness (QED) is 0.812. The Morgan fingerprint density at radius 3 is 2.57 bits per heavy atom. The molecule has 1 rings (SSSR count). The van der Waals surface area contributed by atoms with E-state index in [9.17, 15) is 8.78 Å². The first-order valence-corrected chi connectivity index (χ1v) is 4.33. The second-order valence-electron chi connectivity index (χ2n) is 3.15. The summed E-state index contributed by atoms with van der Waals surface area (Å²) in [7, 11) is 1.35. The van der Waals surface area contributed by atoms with Crippen molar-refractivity contribution in [3.63, 3.8) is 0 Å². The molecule has 0 aliphatic carbocycles. The minimum atomic E-state index is -0.692. The number of ether oxygens (including phenoxy) is 1. The van der Waals surface area contributed by atoms with Crippen molar-refractivity contribution in [2.75, 3.05) is 13.7 Å². The third-order valence-electron chi connectivity index (χ3n) is 2.13. The molecular formula is C10H13F2NO. The number of methoxy groups -OCH3 is 1. The third-order valence-corrected chi connectivity index (χ3v) is 2.13. The minimum Gasteiger partial charge on any atom is -0.493 e. The van der Waals surface area contributed by atoms with E-state index >= 15 is 0 Å². The van der Waals surface area contributed by atoms with E-state index in [-0.39, 0.29) is 11.7 Å². The lowest BCUT2D eigenvalue weighted by Gasteiger charge is -2.14. The van der Waals surface area contributed by atoms with E-state index in [1.54, 1.807) is 6.92 Å². The fourth-order valence-electron chi connectivity index (χ4n) is 1.29. The summed E-state index contributed by atoms with van der Waals surface area (Å²) in [6.07, 6.45) is 0. The third kappa shape index (κ3) is 2.01. The van der Waals surface area contributed by atoms with Crippen molar-refractivity contribution in [1.29, 1.82) is 0 Å². The van der Waals surface area contributed by atoms with Crippen LogP contribution in [0.1, 0.15) is 18.4 Å². The zero-order valence-corrected chi connectivity index (χ0v) is 8.18. The Morgan fingerprint density at radius 1 is 1.43 bits per heavy atom. The summed E-state index contributed by atoms with van der Waals surface area (Å²) in [5.74, 6) is -1.36. The molecule has 1 atom stereocenters. The monoisotopic (exact) mass is 201 g/mol. The van der Waals surface area contributed by atoms with Crippen LogP contribution in [-0.4, -0.2) is 13.7 Å². The SMILES string of the molecule is COc1c(F)cc(F)cc1C(C)CN. The minimum absolute atomic E-state index is 0.0735. The van der Waals surface area contributed by atoms with Gasteiger partial charge < -0.3 is 10.5 Å². The van der Waals surface area contributed by atoms with E-state index in [1.165, 1.54) is 13.2 Å².